The third-order valence-corrected chi connectivity index (χ3v) is 3.72. The molecular weight excluding hydrogens is 274 g/mol. The van der Waals surface area contributed by atoms with Crippen molar-refractivity contribution in [2.45, 2.75) is 39.7 Å². The average molecular weight is 299 g/mol. The van der Waals surface area contributed by atoms with E-state index in [9.17, 15) is 9.59 Å². The van der Waals surface area contributed by atoms with Crippen molar-refractivity contribution in [3.8, 4) is 0 Å². The van der Waals surface area contributed by atoms with Crippen molar-refractivity contribution in [1.29, 1.82) is 0 Å². The van der Waals surface area contributed by atoms with Gasteiger partial charge in [-0.05, 0) is 33.6 Å². The van der Waals surface area contributed by atoms with Gasteiger partial charge in [0.15, 0.2) is 0 Å². The van der Waals surface area contributed by atoms with Crippen LogP contribution in [0.25, 0.3) is 0 Å². The second-order valence-electron chi connectivity index (χ2n) is 5.11. The van der Waals surface area contributed by atoms with Crippen LogP contribution in [0.4, 0.5) is 0 Å². The lowest BCUT2D eigenvalue weighted by atomic mass is 10.0. The predicted octanol–water partition coefficient (Wildman–Crippen LogP) is 1.45. The molecule has 0 saturated carbocycles. The van der Waals surface area contributed by atoms with Crippen molar-refractivity contribution in [2.75, 3.05) is 32.9 Å². The molecule has 120 valence electrons. The number of rotatable bonds is 7. The number of likely N-dealkylation sites (tertiary alicyclic amines) is 1. The minimum absolute atomic E-state index is 0.107. The molecule has 0 aromatic carbocycles. The quantitative estimate of drug-likeness (QED) is 0.569. The van der Waals surface area contributed by atoms with E-state index < -0.39 is 5.97 Å². The second kappa shape index (κ2) is 8.79. The maximum Gasteiger partial charge on any atom is 0.331 e. The number of hydrogen-bond donors (Lipinski definition) is 1. The number of carbonyl (C=O) groups is 2. The molecule has 0 spiro atoms. The van der Waals surface area contributed by atoms with Crippen LogP contribution in [0.15, 0.2) is 11.1 Å². The summed E-state index contributed by atoms with van der Waals surface area (Å²) in [6.45, 7) is 8.02. The number of ether oxygens (including phenoxy) is 2. The molecule has 6 heteroatoms. The third-order valence-electron chi connectivity index (χ3n) is 3.72. The fourth-order valence-corrected chi connectivity index (χ4v) is 2.20. The summed E-state index contributed by atoms with van der Waals surface area (Å²) in [5, 5.41) is 8.92. The van der Waals surface area contributed by atoms with E-state index in [2.05, 4.69) is 0 Å². The Morgan fingerprint density at radius 3 is 2.29 bits per heavy atom. The number of nitrogens with zero attached hydrogens (tertiary/aromatic N) is 1. The minimum Gasteiger partial charge on any atom is -0.478 e. The summed E-state index contributed by atoms with van der Waals surface area (Å²) in [5.41, 5.74) is 0.410. The van der Waals surface area contributed by atoms with Crippen molar-refractivity contribution in [3.63, 3.8) is 0 Å². The van der Waals surface area contributed by atoms with E-state index in [0.29, 0.717) is 38.5 Å². The number of aliphatic carboxylic acids is 1. The van der Waals surface area contributed by atoms with Gasteiger partial charge in [-0.1, -0.05) is 0 Å². The largest absolute Gasteiger partial charge is 0.478 e. The average Bonchev–Trinajstić information content (AvgIpc) is 2.50. The standard InChI is InChI=1S/C15H25NO5/c1-4-20-9-10-21-13-5-7-16(8-6-13)14(17)11(2)12(3)15(18)19/h13H,4-10H2,1-3H3,(H,18,19). The summed E-state index contributed by atoms with van der Waals surface area (Å²) in [6.07, 6.45) is 1.70. The van der Waals surface area contributed by atoms with Crippen molar-refractivity contribution in [2.24, 2.45) is 0 Å². The van der Waals surface area contributed by atoms with Crippen LogP contribution in [0.2, 0.25) is 0 Å². The van der Waals surface area contributed by atoms with Crippen molar-refractivity contribution >= 4 is 11.9 Å². The number of carboxylic acids is 1. The predicted molar refractivity (Wildman–Crippen MR) is 78.1 cm³/mol. The van der Waals surface area contributed by atoms with Gasteiger partial charge in [0, 0.05) is 30.8 Å². The Kier molecular flexibility index (Phi) is 7.39. The zero-order chi connectivity index (χ0) is 15.8. The zero-order valence-electron chi connectivity index (χ0n) is 13.1. The molecule has 6 nitrogen and oxygen atoms in total. The maximum atomic E-state index is 12.2. The van der Waals surface area contributed by atoms with E-state index in [0.717, 1.165) is 12.8 Å². The number of amides is 1. The minimum atomic E-state index is -1.05. The van der Waals surface area contributed by atoms with E-state index in [1.165, 1.54) is 6.92 Å². The van der Waals surface area contributed by atoms with Gasteiger partial charge in [-0.3, -0.25) is 4.79 Å². The van der Waals surface area contributed by atoms with E-state index >= 15 is 0 Å². The lowest BCUT2D eigenvalue weighted by Crippen LogP contribution is -2.41. The molecule has 0 bridgehead atoms. The van der Waals surface area contributed by atoms with Crippen molar-refractivity contribution in [3.05, 3.63) is 11.1 Å². The van der Waals surface area contributed by atoms with Crippen LogP contribution >= 0.6 is 0 Å². The Bertz CT molecular complexity index is 397. The topological polar surface area (TPSA) is 76.1 Å². The zero-order valence-corrected chi connectivity index (χ0v) is 13.1. The van der Waals surface area contributed by atoms with Gasteiger partial charge in [0.05, 0.1) is 19.3 Å². The highest BCUT2D eigenvalue weighted by Gasteiger charge is 2.25. The third kappa shape index (κ3) is 5.47. The highest BCUT2D eigenvalue weighted by molar-refractivity contribution is 6.01. The van der Waals surface area contributed by atoms with E-state index in [1.54, 1.807) is 11.8 Å². The van der Waals surface area contributed by atoms with E-state index in [1.807, 2.05) is 6.92 Å². The molecule has 1 amide bonds. The van der Waals surface area contributed by atoms with Crippen LogP contribution in [0.1, 0.15) is 33.6 Å². The summed E-state index contributed by atoms with van der Waals surface area (Å²) in [7, 11) is 0. The molecule has 1 N–H and O–H groups in total. The number of carbonyl (C=O) groups excluding carboxylic acids is 1. The molecule has 0 aromatic rings. The van der Waals surface area contributed by atoms with Crippen molar-refractivity contribution < 1.29 is 24.2 Å². The summed E-state index contributed by atoms with van der Waals surface area (Å²) >= 11 is 0. The van der Waals surface area contributed by atoms with Gasteiger partial charge < -0.3 is 19.5 Å². The molecule has 0 aliphatic carbocycles. The summed E-state index contributed by atoms with van der Waals surface area (Å²) in [6, 6.07) is 0. The molecule has 1 heterocycles. The lowest BCUT2D eigenvalue weighted by molar-refractivity contribution is -0.134. The molecule has 0 aromatic heterocycles. The first kappa shape index (κ1) is 17.7. The molecule has 0 unspecified atom stereocenters. The van der Waals surface area contributed by atoms with Gasteiger partial charge in [-0.2, -0.15) is 0 Å². The van der Waals surface area contributed by atoms with Gasteiger partial charge in [0.1, 0.15) is 0 Å². The second-order valence-corrected chi connectivity index (χ2v) is 5.11. The first-order valence-corrected chi connectivity index (χ1v) is 7.36. The molecule has 1 aliphatic heterocycles. The molecular formula is C15H25NO5. The molecule has 0 radical (unpaired) electrons. The van der Waals surface area contributed by atoms with Crippen molar-refractivity contribution in [1.82, 2.24) is 4.90 Å². The Balaban J connectivity index is 2.40. The molecule has 1 aliphatic rings. The highest BCUT2D eigenvalue weighted by atomic mass is 16.5. The molecule has 1 fully saturated rings. The van der Waals surface area contributed by atoms with E-state index in [-0.39, 0.29) is 17.6 Å². The molecule has 0 atom stereocenters. The fraction of sp³-hybridized carbons (Fsp3) is 0.733. The highest BCUT2D eigenvalue weighted by Crippen LogP contribution is 2.17. The van der Waals surface area contributed by atoms with Gasteiger partial charge in [0.2, 0.25) is 5.91 Å². The first-order valence-electron chi connectivity index (χ1n) is 7.36. The van der Waals surface area contributed by atoms with E-state index in [4.69, 9.17) is 14.6 Å². The fourth-order valence-electron chi connectivity index (χ4n) is 2.20. The normalized spacial score (nSPS) is 17.6. The Morgan fingerprint density at radius 2 is 1.76 bits per heavy atom. The summed E-state index contributed by atoms with van der Waals surface area (Å²) in [5.74, 6) is -1.24. The Hall–Kier alpha value is -1.40. The number of hydrogen-bond acceptors (Lipinski definition) is 4. The SMILES string of the molecule is CCOCCOC1CCN(C(=O)C(C)=C(C)C(=O)O)CC1. The van der Waals surface area contributed by atoms with Crippen LogP contribution in [-0.2, 0) is 19.1 Å². The number of carboxylic acid groups (broad SMARTS) is 1. The van der Waals surface area contributed by atoms with Crippen LogP contribution in [0.5, 0.6) is 0 Å². The smallest absolute Gasteiger partial charge is 0.331 e. The molecule has 21 heavy (non-hydrogen) atoms. The monoisotopic (exact) mass is 299 g/mol. The lowest BCUT2D eigenvalue weighted by Gasteiger charge is -2.32. The maximum absolute atomic E-state index is 12.2. The summed E-state index contributed by atoms with van der Waals surface area (Å²) in [4.78, 5) is 24.8. The van der Waals surface area contributed by atoms with Crippen LogP contribution in [0.3, 0.4) is 0 Å². The van der Waals surface area contributed by atoms with Gasteiger partial charge in [-0.15, -0.1) is 0 Å². The van der Waals surface area contributed by atoms with Crippen LogP contribution in [0, 0.1) is 0 Å². The van der Waals surface area contributed by atoms with Crippen LogP contribution < -0.4 is 0 Å². The van der Waals surface area contributed by atoms with Gasteiger partial charge >= 0.3 is 5.97 Å². The van der Waals surface area contributed by atoms with Gasteiger partial charge in [0.25, 0.3) is 0 Å². The number of piperidine rings is 1. The summed E-state index contributed by atoms with van der Waals surface area (Å²) < 4.78 is 10.9. The molecule has 1 saturated heterocycles. The van der Waals surface area contributed by atoms with Gasteiger partial charge in [-0.25, -0.2) is 4.79 Å². The Labute approximate surface area is 125 Å². The van der Waals surface area contributed by atoms with Crippen LogP contribution in [-0.4, -0.2) is 60.9 Å². The first-order chi connectivity index (χ1) is 9.97. The Morgan fingerprint density at radius 1 is 1.14 bits per heavy atom. The molecule has 1 rings (SSSR count).